The van der Waals surface area contributed by atoms with Crippen molar-refractivity contribution in [1.29, 1.82) is 0 Å². The van der Waals surface area contributed by atoms with E-state index in [0.29, 0.717) is 0 Å². The fourth-order valence-corrected chi connectivity index (χ4v) is 7.56. The van der Waals surface area contributed by atoms with Crippen molar-refractivity contribution in [3.05, 3.63) is 189 Å². The minimum absolute atomic E-state index is 0. The summed E-state index contributed by atoms with van der Waals surface area (Å²) in [5, 5.41) is 7.70. The summed E-state index contributed by atoms with van der Waals surface area (Å²) >= 11 is 0. The smallest absolute Gasteiger partial charge is 0.101 e. The molecule has 2 aromatic heterocycles. The van der Waals surface area contributed by atoms with Gasteiger partial charge in [-0.2, -0.15) is 23.9 Å². The van der Waals surface area contributed by atoms with Crippen molar-refractivity contribution in [3.63, 3.8) is 0 Å². The van der Waals surface area contributed by atoms with Gasteiger partial charge in [-0.25, -0.2) is 0 Å². The maximum Gasteiger partial charge on any atom is 0.101 e. The number of aromatic nitrogens is 3. The molecular weight excluding hydrogens is 830 g/mol. The topological polar surface area (TPSA) is 29.2 Å². The zero-order valence-corrected chi connectivity index (χ0v) is 31.1. The molecule has 0 N–H and O–H groups in total. The maximum atomic E-state index is 5.41. The van der Waals surface area contributed by atoms with Crippen molar-refractivity contribution in [2.45, 2.75) is 0 Å². The monoisotopic (exact) mass is 861 g/mol. The van der Waals surface area contributed by atoms with Crippen molar-refractivity contribution < 1.29 is 21.1 Å². The van der Waals surface area contributed by atoms with Crippen LogP contribution in [0.3, 0.4) is 0 Å². The quantitative estimate of drug-likeness (QED) is 0.156. The molecule has 5 nitrogen and oxygen atoms in total. The van der Waals surface area contributed by atoms with E-state index in [1.54, 1.807) is 0 Å². The number of benzene rings is 7. The summed E-state index contributed by atoms with van der Waals surface area (Å²) in [6, 6.07) is 67.0. The Labute approximate surface area is 323 Å². The molecule has 258 valence electrons. The molecule has 53 heavy (non-hydrogen) atoms. The van der Waals surface area contributed by atoms with Crippen LogP contribution in [0.4, 0.5) is 17.1 Å². The van der Waals surface area contributed by atoms with Gasteiger partial charge in [0.05, 0.1) is 5.69 Å². The molecule has 0 radical (unpaired) electrons. The van der Waals surface area contributed by atoms with Gasteiger partial charge in [0, 0.05) is 54.6 Å². The molecule has 0 saturated heterocycles. The summed E-state index contributed by atoms with van der Waals surface area (Å²) in [7, 11) is 2.08. The van der Waals surface area contributed by atoms with Gasteiger partial charge in [0.1, 0.15) is 5.69 Å². The number of nitrogens with zero attached hydrogens (tertiary/aromatic N) is 5. The van der Waals surface area contributed by atoms with E-state index < -0.39 is 0 Å². The van der Waals surface area contributed by atoms with Crippen molar-refractivity contribution >= 4 is 38.9 Å². The van der Waals surface area contributed by atoms with E-state index >= 15 is 0 Å². The first-order valence-corrected chi connectivity index (χ1v) is 17.5. The summed E-state index contributed by atoms with van der Waals surface area (Å²) in [6.45, 7) is 2.12. The van der Waals surface area contributed by atoms with E-state index in [2.05, 4.69) is 209 Å². The molecule has 0 unspecified atom stereocenters. The van der Waals surface area contributed by atoms with E-state index in [1.807, 2.05) is 6.07 Å². The third-order valence-corrected chi connectivity index (χ3v) is 9.91. The van der Waals surface area contributed by atoms with Gasteiger partial charge in [-0.3, -0.25) is 4.68 Å². The SMILES string of the molecule is CN1[CH-]N(c2[c-]c(-n3c4[c-]c(-n5nc(-c6ccccc6)c(-c6ccccc6)c5-c5ccccc5)ccc4c4ccccc43)ccc2)c2ccccc21.[Pt]. The minimum Gasteiger partial charge on any atom is -0.504 e. The van der Waals surface area contributed by atoms with Gasteiger partial charge in [0.15, 0.2) is 0 Å². The van der Waals surface area contributed by atoms with Crippen molar-refractivity contribution in [1.82, 2.24) is 14.3 Å². The van der Waals surface area contributed by atoms with E-state index in [-0.39, 0.29) is 21.1 Å². The zero-order chi connectivity index (χ0) is 34.6. The number of anilines is 3. The Hall–Kier alpha value is -6.16. The zero-order valence-electron chi connectivity index (χ0n) is 28.8. The fourth-order valence-electron chi connectivity index (χ4n) is 7.56. The van der Waals surface area contributed by atoms with Crippen LogP contribution in [0, 0.1) is 18.8 Å². The van der Waals surface area contributed by atoms with Gasteiger partial charge in [-0.15, -0.1) is 41.4 Å². The van der Waals surface area contributed by atoms with Gasteiger partial charge >= 0.3 is 0 Å². The number of hydrogen-bond donors (Lipinski definition) is 0. The molecular formula is C47H32N5Pt-3. The second-order valence-corrected chi connectivity index (χ2v) is 13.0. The first kappa shape index (κ1) is 32.7. The molecule has 10 rings (SSSR count). The molecule has 1 aliphatic heterocycles. The Morgan fingerprint density at radius 2 is 1.13 bits per heavy atom. The Morgan fingerprint density at radius 3 is 1.89 bits per heavy atom. The first-order chi connectivity index (χ1) is 25.7. The van der Waals surface area contributed by atoms with Crippen molar-refractivity contribution in [2.24, 2.45) is 0 Å². The summed E-state index contributed by atoms with van der Waals surface area (Å²) in [5.74, 6) is 0. The molecule has 6 heteroatoms. The molecule has 0 atom stereocenters. The van der Waals surface area contributed by atoms with Crippen LogP contribution in [0.1, 0.15) is 0 Å². The molecule has 7 aromatic carbocycles. The van der Waals surface area contributed by atoms with Crippen LogP contribution in [0.5, 0.6) is 0 Å². The van der Waals surface area contributed by atoms with Crippen LogP contribution in [-0.2, 0) is 21.1 Å². The summed E-state index contributed by atoms with van der Waals surface area (Å²) in [6.07, 6.45) is 0. The Morgan fingerprint density at radius 1 is 0.509 bits per heavy atom. The Kier molecular flexibility index (Phi) is 8.29. The van der Waals surface area contributed by atoms with E-state index in [4.69, 9.17) is 5.10 Å². The van der Waals surface area contributed by atoms with Crippen LogP contribution >= 0.6 is 0 Å². The summed E-state index contributed by atoms with van der Waals surface area (Å²) < 4.78 is 4.36. The maximum absolute atomic E-state index is 5.41. The van der Waals surface area contributed by atoms with E-state index in [0.717, 1.165) is 83.9 Å². The average Bonchev–Trinajstić information content (AvgIpc) is 3.89. The molecule has 9 aromatic rings. The van der Waals surface area contributed by atoms with Crippen LogP contribution in [0.15, 0.2) is 170 Å². The Balaban J connectivity index is 0.00000372. The fraction of sp³-hybridized carbons (Fsp3) is 0.0213. The molecule has 0 fully saturated rings. The number of hydrogen-bond acceptors (Lipinski definition) is 3. The van der Waals surface area contributed by atoms with E-state index in [1.165, 1.54) is 0 Å². The van der Waals surface area contributed by atoms with Crippen molar-refractivity contribution in [3.8, 4) is 45.0 Å². The van der Waals surface area contributed by atoms with Gasteiger partial charge in [0.25, 0.3) is 0 Å². The molecule has 0 amide bonds. The van der Waals surface area contributed by atoms with Gasteiger partial charge in [0.2, 0.25) is 0 Å². The van der Waals surface area contributed by atoms with Gasteiger partial charge in [-0.1, -0.05) is 133 Å². The molecule has 0 spiro atoms. The van der Waals surface area contributed by atoms with Crippen LogP contribution in [-0.4, -0.2) is 21.4 Å². The molecule has 0 aliphatic carbocycles. The standard InChI is InChI=1S/C47H32N5.Pt/c1-49-32-50(43-27-14-13-26-42(43)49)36-22-15-23-37(30-36)51-41-25-12-11-24-39(41)40-29-28-38(31-44(40)51)52-47(35-20-9-4-10-21-35)45(33-16-5-2-6-17-33)46(48-52)34-18-7-3-8-19-34;/h2-29,32H,1H3;/q-3;. The Bertz CT molecular complexity index is 2730. The predicted molar refractivity (Wildman–Crippen MR) is 213 cm³/mol. The van der Waals surface area contributed by atoms with Crippen LogP contribution < -0.4 is 9.80 Å². The third kappa shape index (κ3) is 5.48. The molecule has 1 aliphatic rings. The molecule has 0 saturated carbocycles. The second kappa shape index (κ2) is 13.4. The average molecular weight is 862 g/mol. The second-order valence-electron chi connectivity index (χ2n) is 13.0. The molecule has 3 heterocycles. The number of para-hydroxylation sites is 3. The number of rotatable bonds is 6. The summed E-state index contributed by atoms with van der Waals surface area (Å²) in [4.78, 5) is 4.35. The van der Waals surface area contributed by atoms with Gasteiger partial charge < -0.3 is 14.4 Å². The number of fused-ring (bicyclic) bond motifs is 4. The van der Waals surface area contributed by atoms with Crippen LogP contribution in [0.25, 0.3) is 66.8 Å². The minimum atomic E-state index is 0. The molecule has 0 bridgehead atoms. The first-order valence-electron chi connectivity index (χ1n) is 17.5. The third-order valence-electron chi connectivity index (χ3n) is 9.91. The predicted octanol–water partition coefficient (Wildman–Crippen LogP) is 11.3. The summed E-state index contributed by atoms with van der Waals surface area (Å²) in [5.41, 5.74) is 13.4. The normalized spacial score (nSPS) is 12.3. The van der Waals surface area contributed by atoms with Crippen LogP contribution in [0.2, 0.25) is 0 Å². The largest absolute Gasteiger partial charge is 0.504 e. The van der Waals surface area contributed by atoms with E-state index in [9.17, 15) is 0 Å². The van der Waals surface area contributed by atoms with Crippen molar-refractivity contribution in [2.75, 3.05) is 16.8 Å². The van der Waals surface area contributed by atoms with Gasteiger partial charge in [-0.05, 0) is 41.9 Å².